The number of aliphatic hydroxyl groups is 2. The Kier molecular flexibility index (Phi) is 7.13. The van der Waals surface area contributed by atoms with Gasteiger partial charge in [0.1, 0.15) is 0 Å². The quantitative estimate of drug-likeness (QED) is 0.511. The lowest BCUT2D eigenvalue weighted by Gasteiger charge is -2.37. The Bertz CT molecular complexity index is 924. The van der Waals surface area contributed by atoms with Crippen LogP contribution < -0.4 is 0 Å². The van der Waals surface area contributed by atoms with Gasteiger partial charge in [0.15, 0.2) is 0 Å². The van der Waals surface area contributed by atoms with Crippen molar-refractivity contribution in [3.05, 3.63) is 69.7 Å². The lowest BCUT2D eigenvalue weighted by Crippen LogP contribution is -2.33. The van der Waals surface area contributed by atoms with Crippen molar-refractivity contribution in [3.63, 3.8) is 0 Å². The van der Waals surface area contributed by atoms with Crippen LogP contribution >= 0.6 is 11.6 Å². The average molecular weight is 469 g/mol. The highest BCUT2D eigenvalue weighted by Gasteiger charge is 2.37. The summed E-state index contributed by atoms with van der Waals surface area (Å²) in [6.07, 6.45) is 12.2. The van der Waals surface area contributed by atoms with Crippen LogP contribution in [-0.4, -0.2) is 29.0 Å². The number of halogens is 1. The van der Waals surface area contributed by atoms with Crippen LogP contribution in [0, 0.1) is 5.41 Å². The molecule has 4 heteroatoms. The third-order valence-corrected chi connectivity index (χ3v) is 8.95. The molecule has 0 aromatic heterocycles. The molecular formula is C29H37ClO3. The van der Waals surface area contributed by atoms with Crippen molar-refractivity contribution in [1.29, 1.82) is 0 Å². The Labute approximate surface area is 203 Å². The van der Waals surface area contributed by atoms with Gasteiger partial charge in [0.25, 0.3) is 0 Å². The van der Waals surface area contributed by atoms with E-state index in [9.17, 15) is 10.2 Å². The Balaban J connectivity index is 1.24. The summed E-state index contributed by atoms with van der Waals surface area (Å²) in [5.74, 6) is 0.714. The van der Waals surface area contributed by atoms with Crippen LogP contribution in [0.5, 0.6) is 0 Å². The smallest absolute Gasteiger partial charge is 0.0854 e. The molecule has 2 saturated carbocycles. The molecule has 2 N–H and O–H groups in total. The molecule has 2 aliphatic carbocycles. The molecule has 1 aliphatic heterocycles. The van der Waals surface area contributed by atoms with Gasteiger partial charge in [0.05, 0.1) is 24.9 Å². The molecule has 0 radical (unpaired) electrons. The van der Waals surface area contributed by atoms with E-state index >= 15 is 0 Å². The maximum atomic E-state index is 10.2. The van der Waals surface area contributed by atoms with Gasteiger partial charge < -0.3 is 14.9 Å². The molecule has 2 aromatic carbocycles. The highest BCUT2D eigenvalue weighted by atomic mass is 35.5. The molecule has 33 heavy (non-hydrogen) atoms. The fourth-order valence-electron chi connectivity index (χ4n) is 6.57. The van der Waals surface area contributed by atoms with E-state index in [-0.39, 0.29) is 18.8 Å². The van der Waals surface area contributed by atoms with Crippen LogP contribution in [-0.2, 0) is 11.2 Å². The first kappa shape index (κ1) is 23.4. The molecule has 3 atom stereocenters. The highest BCUT2D eigenvalue weighted by molar-refractivity contribution is 6.31. The number of benzene rings is 2. The van der Waals surface area contributed by atoms with Crippen LogP contribution in [0.15, 0.2) is 42.5 Å². The third kappa shape index (κ3) is 5.32. The second kappa shape index (κ2) is 10.1. The summed E-state index contributed by atoms with van der Waals surface area (Å²) < 4.78 is 6.00. The monoisotopic (exact) mass is 468 g/mol. The van der Waals surface area contributed by atoms with Gasteiger partial charge in [-0.25, -0.2) is 0 Å². The molecule has 0 unspecified atom stereocenters. The van der Waals surface area contributed by atoms with E-state index in [1.807, 2.05) is 12.1 Å². The van der Waals surface area contributed by atoms with Gasteiger partial charge in [-0.05, 0) is 84.6 Å². The average Bonchev–Trinajstić information content (AvgIpc) is 3.29. The van der Waals surface area contributed by atoms with Crippen molar-refractivity contribution in [2.24, 2.45) is 5.41 Å². The number of ether oxygens (including phenoxy) is 1. The third-order valence-electron chi connectivity index (χ3n) is 8.58. The van der Waals surface area contributed by atoms with Crippen LogP contribution in [0.3, 0.4) is 0 Å². The maximum Gasteiger partial charge on any atom is 0.0854 e. The number of rotatable bonds is 5. The molecule has 1 saturated heterocycles. The van der Waals surface area contributed by atoms with Crippen molar-refractivity contribution < 1.29 is 14.9 Å². The Morgan fingerprint density at radius 1 is 0.909 bits per heavy atom. The van der Waals surface area contributed by atoms with E-state index in [0.29, 0.717) is 24.2 Å². The minimum absolute atomic E-state index is 0.0671. The molecule has 0 amide bonds. The lowest BCUT2D eigenvalue weighted by molar-refractivity contribution is -0.113. The molecule has 0 bridgehead atoms. The fourth-order valence-corrected chi connectivity index (χ4v) is 6.75. The molecule has 3 aliphatic rings. The van der Waals surface area contributed by atoms with Gasteiger partial charge in [0.2, 0.25) is 0 Å². The summed E-state index contributed by atoms with van der Waals surface area (Å²) in [6, 6.07) is 15.2. The van der Waals surface area contributed by atoms with E-state index in [0.717, 1.165) is 22.6 Å². The predicted octanol–water partition coefficient (Wildman–Crippen LogP) is 6.72. The summed E-state index contributed by atoms with van der Waals surface area (Å²) in [7, 11) is 0. The highest BCUT2D eigenvalue weighted by Crippen LogP contribution is 2.52. The fraction of sp³-hybridized carbons (Fsp3) is 0.586. The van der Waals surface area contributed by atoms with E-state index in [1.165, 1.54) is 62.5 Å². The van der Waals surface area contributed by atoms with Crippen molar-refractivity contribution >= 4 is 11.6 Å². The van der Waals surface area contributed by atoms with Gasteiger partial charge in [0, 0.05) is 17.9 Å². The van der Waals surface area contributed by atoms with Crippen LogP contribution in [0.25, 0.3) is 0 Å². The molecule has 1 heterocycles. The first-order valence-electron chi connectivity index (χ1n) is 12.9. The van der Waals surface area contributed by atoms with E-state index in [2.05, 4.69) is 30.3 Å². The summed E-state index contributed by atoms with van der Waals surface area (Å²) in [4.78, 5) is 0. The SMILES string of the molecule is OC[C@@H]1C[C@H](O)C[C@H](c2ccc(Cl)c(Cc3ccc(C4CCC5(CCCC5)CC4)cc3)c2)O1. The molecule has 2 aromatic rings. The molecular weight excluding hydrogens is 432 g/mol. The Morgan fingerprint density at radius 3 is 2.30 bits per heavy atom. The number of aliphatic hydroxyl groups excluding tert-OH is 2. The zero-order valence-corrected chi connectivity index (χ0v) is 20.3. The number of hydrogen-bond donors (Lipinski definition) is 2. The zero-order chi connectivity index (χ0) is 22.8. The van der Waals surface area contributed by atoms with E-state index in [1.54, 1.807) is 0 Å². The predicted molar refractivity (Wildman–Crippen MR) is 133 cm³/mol. The van der Waals surface area contributed by atoms with Crippen molar-refractivity contribution in [2.45, 2.75) is 94.9 Å². The summed E-state index contributed by atoms with van der Waals surface area (Å²) in [6.45, 7) is -0.0671. The van der Waals surface area contributed by atoms with Crippen molar-refractivity contribution in [3.8, 4) is 0 Å². The lowest BCUT2D eigenvalue weighted by atomic mass is 9.68. The first-order valence-corrected chi connectivity index (χ1v) is 13.2. The molecule has 1 spiro atoms. The standard InChI is InChI=1S/C29H37ClO3/c30-27-8-7-23(28-18-25(32)17-26(19-31)33-28)16-24(27)15-20-3-5-21(6-4-20)22-9-13-29(14-10-22)11-1-2-12-29/h3-8,16,22,25-26,28,31-32H,1-2,9-15,17-19H2/t25-,26-,28+/m0/s1. The van der Waals surface area contributed by atoms with Gasteiger partial charge in [-0.2, -0.15) is 0 Å². The second-order valence-corrected chi connectivity index (χ2v) is 11.2. The molecule has 3 fully saturated rings. The summed E-state index contributed by atoms with van der Waals surface area (Å²) in [5.41, 5.74) is 5.54. The van der Waals surface area contributed by atoms with Gasteiger partial charge in [-0.1, -0.05) is 60.8 Å². The molecule has 3 nitrogen and oxygen atoms in total. The van der Waals surface area contributed by atoms with Crippen LogP contribution in [0.4, 0.5) is 0 Å². The van der Waals surface area contributed by atoms with Gasteiger partial charge >= 0.3 is 0 Å². The first-order chi connectivity index (χ1) is 16.0. The largest absolute Gasteiger partial charge is 0.394 e. The van der Waals surface area contributed by atoms with Crippen LogP contribution in [0.2, 0.25) is 5.02 Å². The normalized spacial score (nSPS) is 27.8. The molecule has 5 rings (SSSR count). The van der Waals surface area contributed by atoms with Crippen LogP contribution in [0.1, 0.15) is 98.5 Å². The topological polar surface area (TPSA) is 49.7 Å². The van der Waals surface area contributed by atoms with Crippen molar-refractivity contribution in [2.75, 3.05) is 6.61 Å². The summed E-state index contributed by atoms with van der Waals surface area (Å²) >= 11 is 6.55. The summed E-state index contributed by atoms with van der Waals surface area (Å²) in [5, 5.41) is 20.4. The maximum absolute atomic E-state index is 10.2. The Morgan fingerprint density at radius 2 is 1.61 bits per heavy atom. The van der Waals surface area contributed by atoms with Gasteiger partial charge in [-0.15, -0.1) is 0 Å². The Hall–Kier alpha value is -1.39. The number of hydrogen-bond acceptors (Lipinski definition) is 3. The van der Waals surface area contributed by atoms with Crippen molar-refractivity contribution in [1.82, 2.24) is 0 Å². The van der Waals surface area contributed by atoms with E-state index < -0.39 is 6.10 Å². The zero-order valence-electron chi connectivity index (χ0n) is 19.5. The molecule has 178 valence electrons. The van der Waals surface area contributed by atoms with E-state index in [4.69, 9.17) is 16.3 Å². The second-order valence-electron chi connectivity index (χ2n) is 10.8. The minimum Gasteiger partial charge on any atom is -0.394 e. The van der Waals surface area contributed by atoms with Gasteiger partial charge in [-0.3, -0.25) is 0 Å². The minimum atomic E-state index is -0.448.